The van der Waals surface area contributed by atoms with E-state index < -0.39 is 26.9 Å². The summed E-state index contributed by atoms with van der Waals surface area (Å²) in [7, 11) is -1.58. The van der Waals surface area contributed by atoms with E-state index in [1.54, 1.807) is 32.2 Å². The van der Waals surface area contributed by atoms with Crippen LogP contribution in [0.1, 0.15) is 30.9 Å². The van der Waals surface area contributed by atoms with Crippen molar-refractivity contribution in [2.45, 2.75) is 36.3 Å². The van der Waals surface area contributed by atoms with Crippen LogP contribution in [0.2, 0.25) is 0 Å². The number of hydrogen-bond donors (Lipinski definition) is 1. The summed E-state index contributed by atoms with van der Waals surface area (Å²) < 4.78 is 62.0. The smallest absolute Gasteiger partial charge is 0.312 e. The van der Waals surface area contributed by atoms with Crippen LogP contribution in [0.25, 0.3) is 22.6 Å². The molecule has 0 aliphatic heterocycles. The Hall–Kier alpha value is -2.93. The van der Waals surface area contributed by atoms with Gasteiger partial charge in [0.2, 0.25) is 0 Å². The maximum Gasteiger partial charge on any atom is 0.417 e. The fourth-order valence-corrected chi connectivity index (χ4v) is 4.64. The molecule has 0 bridgehead atoms. The Morgan fingerprint density at radius 2 is 2.03 bits per heavy atom. The lowest BCUT2D eigenvalue weighted by Crippen LogP contribution is -2.10. The standard InChI is InChI=1S/C20H18F3N5OS/c1-3-30(25,29)16-9-12(19(11-24)6-7-19)4-5-14(16)17-27-15-8-13(20(21,22)23)10-26-18(15)28(17)2/h4-5,8-10,25H,3,6-7H2,1-2H3. The van der Waals surface area contributed by atoms with E-state index in [1.807, 2.05) is 0 Å². The summed E-state index contributed by atoms with van der Waals surface area (Å²) in [6.45, 7) is 1.63. The van der Waals surface area contributed by atoms with Crippen LogP contribution in [0.3, 0.4) is 0 Å². The minimum atomic E-state index is -4.54. The van der Waals surface area contributed by atoms with Gasteiger partial charge in [-0.2, -0.15) is 18.4 Å². The lowest BCUT2D eigenvalue weighted by Gasteiger charge is -2.15. The summed E-state index contributed by atoms with van der Waals surface area (Å²) in [6.07, 6.45) is -2.39. The maximum atomic E-state index is 13.0. The minimum absolute atomic E-state index is 0.0565. The number of imidazole rings is 1. The zero-order chi connectivity index (χ0) is 21.9. The van der Waals surface area contributed by atoms with E-state index in [0.717, 1.165) is 12.3 Å². The van der Waals surface area contributed by atoms with Crippen molar-refractivity contribution < 1.29 is 17.4 Å². The van der Waals surface area contributed by atoms with E-state index in [4.69, 9.17) is 4.78 Å². The number of aromatic nitrogens is 3. The molecular formula is C20H18F3N5OS. The first-order valence-electron chi connectivity index (χ1n) is 9.25. The van der Waals surface area contributed by atoms with E-state index in [2.05, 4.69) is 16.0 Å². The molecule has 1 unspecified atom stereocenters. The molecule has 1 aromatic carbocycles. The molecule has 6 nitrogen and oxygen atoms in total. The molecule has 10 heteroatoms. The van der Waals surface area contributed by atoms with Crippen LogP contribution in [0.15, 0.2) is 35.4 Å². The highest BCUT2D eigenvalue weighted by molar-refractivity contribution is 7.92. The molecule has 0 amide bonds. The van der Waals surface area contributed by atoms with Crippen molar-refractivity contribution in [3.8, 4) is 17.5 Å². The second-order valence-corrected chi connectivity index (χ2v) is 9.80. The molecule has 1 aliphatic carbocycles. The Kier molecular flexibility index (Phi) is 4.43. The summed E-state index contributed by atoms with van der Waals surface area (Å²) in [5.41, 5.74) is -0.126. The van der Waals surface area contributed by atoms with Crippen LogP contribution in [-0.2, 0) is 28.4 Å². The van der Waals surface area contributed by atoms with Crippen LogP contribution in [0.5, 0.6) is 0 Å². The molecular weight excluding hydrogens is 415 g/mol. The van der Waals surface area contributed by atoms with Crippen molar-refractivity contribution in [1.82, 2.24) is 14.5 Å². The van der Waals surface area contributed by atoms with E-state index in [0.29, 0.717) is 24.0 Å². The second kappa shape index (κ2) is 6.54. The van der Waals surface area contributed by atoms with E-state index in [9.17, 15) is 22.6 Å². The number of nitrogens with one attached hydrogen (secondary N) is 1. The van der Waals surface area contributed by atoms with E-state index in [-0.39, 0.29) is 27.6 Å². The number of halogens is 3. The van der Waals surface area contributed by atoms with Gasteiger partial charge in [-0.3, -0.25) is 0 Å². The van der Waals surface area contributed by atoms with E-state index in [1.165, 1.54) is 4.57 Å². The van der Waals surface area contributed by atoms with Crippen LogP contribution < -0.4 is 0 Å². The number of rotatable bonds is 4. The number of nitriles is 1. The van der Waals surface area contributed by atoms with Crippen molar-refractivity contribution >= 4 is 20.9 Å². The molecule has 1 atom stereocenters. The zero-order valence-corrected chi connectivity index (χ0v) is 17.1. The zero-order valence-electron chi connectivity index (χ0n) is 16.2. The van der Waals surface area contributed by atoms with Crippen LogP contribution in [0, 0.1) is 16.1 Å². The highest BCUT2D eigenvalue weighted by atomic mass is 32.2. The molecule has 1 N–H and O–H groups in total. The average Bonchev–Trinajstić information content (AvgIpc) is 3.45. The number of nitrogens with zero attached hydrogens (tertiary/aromatic N) is 4. The van der Waals surface area contributed by atoms with E-state index >= 15 is 0 Å². The summed E-state index contributed by atoms with van der Waals surface area (Å²) in [5.74, 6) is 0.331. The molecule has 0 radical (unpaired) electrons. The summed E-state index contributed by atoms with van der Waals surface area (Å²) in [4.78, 5) is 8.46. The summed E-state index contributed by atoms with van der Waals surface area (Å²) in [5, 5.41) is 9.49. The molecule has 2 heterocycles. The monoisotopic (exact) mass is 433 g/mol. The predicted octanol–water partition coefficient (Wildman–Crippen LogP) is 4.63. The number of hydrogen-bond acceptors (Lipinski definition) is 5. The van der Waals surface area contributed by atoms with Crippen molar-refractivity contribution in [3.63, 3.8) is 0 Å². The van der Waals surface area contributed by atoms with Gasteiger partial charge in [-0.05, 0) is 36.6 Å². The van der Waals surface area contributed by atoms with Crippen molar-refractivity contribution in [2.75, 3.05) is 5.75 Å². The van der Waals surface area contributed by atoms with Crippen molar-refractivity contribution in [3.05, 3.63) is 41.6 Å². The molecule has 1 saturated carbocycles. The van der Waals surface area contributed by atoms with Crippen LogP contribution >= 0.6 is 0 Å². The van der Waals surface area contributed by atoms with Gasteiger partial charge in [-0.15, -0.1) is 0 Å². The van der Waals surface area contributed by atoms with Gasteiger partial charge in [0.15, 0.2) is 5.65 Å². The second-order valence-electron chi connectivity index (χ2n) is 7.43. The minimum Gasteiger partial charge on any atom is -0.312 e. The Morgan fingerprint density at radius 3 is 2.60 bits per heavy atom. The van der Waals surface area contributed by atoms with Gasteiger partial charge in [0.05, 0.1) is 31.7 Å². The molecule has 4 rings (SSSR count). The topological polar surface area (TPSA) is 95.4 Å². The number of fused-ring (bicyclic) bond motifs is 1. The first-order valence-corrected chi connectivity index (χ1v) is 11.0. The fraction of sp³-hybridized carbons (Fsp3) is 0.350. The Morgan fingerprint density at radius 1 is 1.33 bits per heavy atom. The third-order valence-electron chi connectivity index (χ3n) is 5.54. The number of benzene rings is 1. The predicted molar refractivity (Wildman–Crippen MR) is 105 cm³/mol. The SMILES string of the molecule is CCS(=N)(=O)c1cc(C2(C#N)CC2)ccc1-c1nc2cc(C(F)(F)F)cnc2n1C. The normalized spacial score (nSPS) is 17.5. The highest BCUT2D eigenvalue weighted by Crippen LogP contribution is 2.48. The maximum absolute atomic E-state index is 13.0. The number of alkyl halides is 3. The first kappa shape index (κ1) is 20.3. The molecule has 1 aliphatic rings. The van der Waals surface area contributed by atoms with Crippen LogP contribution in [-0.4, -0.2) is 24.5 Å². The molecule has 1 fully saturated rings. The molecule has 0 spiro atoms. The molecule has 3 aromatic rings. The summed E-state index contributed by atoms with van der Waals surface area (Å²) >= 11 is 0. The Bertz CT molecular complexity index is 1310. The van der Waals surface area contributed by atoms with Crippen molar-refractivity contribution in [1.29, 1.82) is 10.0 Å². The largest absolute Gasteiger partial charge is 0.417 e. The third kappa shape index (κ3) is 3.13. The number of aryl methyl sites for hydroxylation is 1. The van der Waals surface area contributed by atoms with Gasteiger partial charge in [0.1, 0.15) is 11.3 Å². The molecule has 156 valence electrons. The molecule has 2 aromatic heterocycles. The van der Waals surface area contributed by atoms with Crippen molar-refractivity contribution in [2.24, 2.45) is 7.05 Å². The van der Waals surface area contributed by atoms with Gasteiger partial charge < -0.3 is 4.57 Å². The highest BCUT2D eigenvalue weighted by Gasteiger charge is 2.45. The Labute approximate surface area is 171 Å². The average molecular weight is 433 g/mol. The lowest BCUT2D eigenvalue weighted by atomic mass is 9.96. The van der Waals surface area contributed by atoms with Gasteiger partial charge >= 0.3 is 6.18 Å². The van der Waals surface area contributed by atoms with Gasteiger partial charge in [-0.1, -0.05) is 13.0 Å². The van der Waals surface area contributed by atoms with Gasteiger partial charge in [0, 0.05) is 24.6 Å². The quantitative estimate of drug-likeness (QED) is 0.649. The molecule has 0 saturated heterocycles. The third-order valence-corrected chi connectivity index (χ3v) is 7.40. The first-order chi connectivity index (χ1) is 14.0. The molecule has 30 heavy (non-hydrogen) atoms. The fourth-order valence-electron chi connectivity index (χ4n) is 3.50. The number of pyridine rings is 1. The van der Waals surface area contributed by atoms with Gasteiger partial charge in [-0.25, -0.2) is 19.0 Å². The van der Waals surface area contributed by atoms with Crippen LogP contribution in [0.4, 0.5) is 13.2 Å². The van der Waals surface area contributed by atoms with Gasteiger partial charge in [0.25, 0.3) is 0 Å². The lowest BCUT2D eigenvalue weighted by molar-refractivity contribution is -0.137. The Balaban J connectivity index is 1.95. The summed E-state index contributed by atoms with van der Waals surface area (Å²) in [6, 6.07) is 8.23.